The summed E-state index contributed by atoms with van der Waals surface area (Å²) in [5, 5.41) is 10.5. The second-order valence-electron chi connectivity index (χ2n) is 9.82. The molecule has 1 aliphatic rings. The highest BCUT2D eigenvalue weighted by molar-refractivity contribution is 5.91. The Morgan fingerprint density at radius 1 is 1.18 bits per heavy atom. The van der Waals surface area contributed by atoms with E-state index in [-0.39, 0.29) is 5.82 Å². The van der Waals surface area contributed by atoms with Crippen LogP contribution in [0.2, 0.25) is 0 Å². The van der Waals surface area contributed by atoms with Gasteiger partial charge in [0.2, 0.25) is 0 Å². The number of nitrogens with zero attached hydrogens (tertiary/aromatic N) is 3. The molecule has 176 valence electrons. The summed E-state index contributed by atoms with van der Waals surface area (Å²) in [6.07, 6.45) is 2.86. The van der Waals surface area contributed by atoms with E-state index in [9.17, 15) is 9.18 Å². The molecule has 2 heterocycles. The first-order valence-corrected chi connectivity index (χ1v) is 11.5. The molecule has 0 aliphatic heterocycles. The van der Waals surface area contributed by atoms with Crippen LogP contribution in [0, 0.1) is 12.7 Å². The van der Waals surface area contributed by atoms with Gasteiger partial charge < -0.3 is 9.30 Å². The largest absolute Gasteiger partial charge is 0.444 e. The molecule has 0 bridgehead atoms. The van der Waals surface area contributed by atoms with Gasteiger partial charge in [-0.25, -0.2) is 14.2 Å². The van der Waals surface area contributed by atoms with Crippen LogP contribution in [0.5, 0.6) is 0 Å². The van der Waals surface area contributed by atoms with Crippen molar-refractivity contribution in [1.29, 1.82) is 0 Å². The first-order chi connectivity index (χ1) is 16.2. The fourth-order valence-corrected chi connectivity index (χ4v) is 4.29. The van der Waals surface area contributed by atoms with Gasteiger partial charge in [-0.15, -0.1) is 0 Å². The zero-order chi connectivity index (χ0) is 24.0. The van der Waals surface area contributed by atoms with Crippen molar-refractivity contribution < 1.29 is 13.9 Å². The molecule has 1 saturated carbocycles. The fourth-order valence-electron chi connectivity index (χ4n) is 4.29. The normalized spacial score (nSPS) is 14.3. The average molecular weight is 462 g/mol. The molecule has 1 aliphatic carbocycles. The maximum absolute atomic E-state index is 15.0. The van der Waals surface area contributed by atoms with Crippen molar-refractivity contribution in [3.05, 3.63) is 54.1 Å². The molecule has 34 heavy (non-hydrogen) atoms. The van der Waals surface area contributed by atoms with Gasteiger partial charge in [0.25, 0.3) is 0 Å². The highest BCUT2D eigenvalue weighted by Gasteiger charge is 2.26. The van der Waals surface area contributed by atoms with Gasteiger partial charge >= 0.3 is 6.09 Å². The summed E-state index contributed by atoms with van der Waals surface area (Å²) in [6.45, 7) is 7.27. The maximum atomic E-state index is 15.0. The molecular weight excluding hydrogens is 433 g/mol. The number of carbonyl (C=O) groups excluding carboxylic acids is 1. The molecule has 0 saturated heterocycles. The van der Waals surface area contributed by atoms with Crippen LogP contribution in [0.25, 0.3) is 33.5 Å². The third-order valence-corrected chi connectivity index (χ3v) is 6.03. The van der Waals surface area contributed by atoms with E-state index in [1.807, 2.05) is 57.2 Å². The smallest absolute Gasteiger partial charge is 0.412 e. The summed E-state index contributed by atoms with van der Waals surface area (Å²) >= 11 is 0. The standard InChI is InChI=1S/C26H28FN5O2/c1-15-28-24(31-30-15)20-14-23-17(12-21(20)27)13-22(32(23)19-6-5-7-19)16-8-10-18(11-9-16)29-25(33)34-26(2,3)4/h8-14,19H,5-7H2,1-4H3,(H,29,33)(H,28,30,31). The van der Waals surface area contributed by atoms with Gasteiger partial charge in [0.1, 0.15) is 17.2 Å². The van der Waals surface area contributed by atoms with E-state index >= 15 is 0 Å². The molecule has 2 N–H and O–H groups in total. The highest BCUT2D eigenvalue weighted by atomic mass is 19.1. The number of fused-ring (bicyclic) bond motifs is 1. The van der Waals surface area contributed by atoms with Crippen molar-refractivity contribution in [2.45, 2.75) is 58.6 Å². The Morgan fingerprint density at radius 2 is 1.91 bits per heavy atom. The van der Waals surface area contributed by atoms with Gasteiger partial charge in [-0.2, -0.15) is 5.10 Å². The van der Waals surface area contributed by atoms with Crippen molar-refractivity contribution >= 4 is 22.7 Å². The zero-order valence-electron chi connectivity index (χ0n) is 19.8. The third-order valence-electron chi connectivity index (χ3n) is 6.03. The van der Waals surface area contributed by atoms with Gasteiger partial charge in [-0.3, -0.25) is 10.4 Å². The van der Waals surface area contributed by atoms with Gasteiger partial charge in [-0.1, -0.05) is 12.1 Å². The Kier molecular flexibility index (Phi) is 5.38. The van der Waals surface area contributed by atoms with Gasteiger partial charge in [-0.05, 0) is 82.9 Å². The number of hydrogen-bond donors (Lipinski definition) is 2. The molecule has 1 amide bonds. The Morgan fingerprint density at radius 3 is 2.50 bits per heavy atom. The minimum atomic E-state index is -0.563. The van der Waals surface area contributed by atoms with Crippen LogP contribution in [0.3, 0.4) is 0 Å². The Hall–Kier alpha value is -3.68. The Balaban J connectivity index is 1.52. The molecule has 2 aromatic heterocycles. The summed E-state index contributed by atoms with van der Waals surface area (Å²) in [4.78, 5) is 16.4. The SMILES string of the molecule is Cc1nc(-c2cc3c(cc2F)cc(-c2ccc(NC(=O)OC(C)(C)C)cc2)n3C2CCC2)n[nH]1. The number of nitrogens with one attached hydrogen (secondary N) is 2. The number of H-pyrrole nitrogens is 1. The molecule has 0 unspecified atom stereocenters. The minimum absolute atomic E-state index is 0.347. The maximum Gasteiger partial charge on any atom is 0.412 e. The summed E-state index contributed by atoms with van der Waals surface area (Å²) in [5.41, 5.74) is 3.46. The van der Waals surface area contributed by atoms with Crippen LogP contribution < -0.4 is 5.32 Å². The van der Waals surface area contributed by atoms with E-state index in [2.05, 4.69) is 25.1 Å². The fraction of sp³-hybridized carbons (Fsp3) is 0.346. The van der Waals surface area contributed by atoms with E-state index in [0.717, 1.165) is 35.0 Å². The predicted molar refractivity (Wildman–Crippen MR) is 130 cm³/mol. The topological polar surface area (TPSA) is 84.8 Å². The quantitative estimate of drug-likeness (QED) is 0.358. The number of aryl methyl sites for hydroxylation is 1. The van der Waals surface area contributed by atoms with Crippen LogP contribution in [0.15, 0.2) is 42.5 Å². The Bertz CT molecular complexity index is 1360. The summed E-state index contributed by atoms with van der Waals surface area (Å²) < 4.78 is 22.6. The van der Waals surface area contributed by atoms with Crippen molar-refractivity contribution in [2.75, 3.05) is 5.32 Å². The second-order valence-corrected chi connectivity index (χ2v) is 9.82. The first kappa shape index (κ1) is 22.1. The first-order valence-electron chi connectivity index (χ1n) is 11.5. The monoisotopic (exact) mass is 461 g/mol. The van der Waals surface area contributed by atoms with Crippen LogP contribution in [0.1, 0.15) is 51.9 Å². The number of aromatic amines is 1. The number of halogens is 1. The van der Waals surface area contributed by atoms with E-state index < -0.39 is 11.7 Å². The number of aromatic nitrogens is 4. The van der Waals surface area contributed by atoms with Gasteiger partial charge in [0.05, 0.1) is 5.56 Å². The summed E-state index contributed by atoms with van der Waals surface area (Å²) in [5.74, 6) is 0.655. The lowest BCUT2D eigenvalue weighted by atomic mass is 9.92. The lowest BCUT2D eigenvalue weighted by molar-refractivity contribution is 0.0636. The zero-order valence-corrected chi connectivity index (χ0v) is 19.8. The van der Waals surface area contributed by atoms with Crippen molar-refractivity contribution in [2.24, 2.45) is 0 Å². The molecule has 1 fully saturated rings. The van der Waals surface area contributed by atoms with Crippen molar-refractivity contribution in [3.63, 3.8) is 0 Å². The van der Waals surface area contributed by atoms with Crippen LogP contribution in [0.4, 0.5) is 14.9 Å². The van der Waals surface area contributed by atoms with Crippen LogP contribution in [-0.4, -0.2) is 31.4 Å². The highest BCUT2D eigenvalue weighted by Crippen LogP contribution is 2.41. The Labute approximate surface area is 197 Å². The van der Waals surface area contributed by atoms with Gasteiger partial charge in [0.15, 0.2) is 5.82 Å². The molecule has 0 spiro atoms. The lowest BCUT2D eigenvalue weighted by Crippen LogP contribution is -2.27. The molecule has 0 radical (unpaired) electrons. The number of rotatable bonds is 4. The number of hydrogen-bond acceptors (Lipinski definition) is 4. The van der Waals surface area contributed by atoms with Crippen molar-refractivity contribution in [1.82, 2.24) is 19.7 Å². The predicted octanol–water partition coefficient (Wildman–Crippen LogP) is 6.61. The van der Waals surface area contributed by atoms with Crippen molar-refractivity contribution in [3.8, 4) is 22.6 Å². The summed E-state index contributed by atoms with van der Waals surface area (Å²) in [6, 6.07) is 13.4. The third kappa shape index (κ3) is 4.27. The number of carbonyl (C=O) groups is 1. The molecular formula is C26H28FN5O2. The van der Waals surface area contributed by atoms with E-state index in [4.69, 9.17) is 4.74 Å². The molecule has 4 aromatic rings. The summed E-state index contributed by atoms with van der Waals surface area (Å²) in [7, 11) is 0. The van der Waals surface area contributed by atoms with Crippen LogP contribution >= 0.6 is 0 Å². The number of benzene rings is 2. The lowest BCUT2D eigenvalue weighted by Gasteiger charge is -2.30. The number of anilines is 1. The number of amides is 1. The minimum Gasteiger partial charge on any atom is -0.444 e. The van der Waals surface area contributed by atoms with Crippen LogP contribution in [-0.2, 0) is 4.74 Å². The molecule has 2 aromatic carbocycles. The molecule has 5 rings (SSSR count). The average Bonchev–Trinajstić information content (AvgIpc) is 3.29. The molecule has 7 nitrogen and oxygen atoms in total. The molecule has 8 heteroatoms. The van der Waals surface area contributed by atoms with E-state index in [1.54, 1.807) is 13.0 Å². The van der Waals surface area contributed by atoms with E-state index in [0.29, 0.717) is 28.9 Å². The van der Waals surface area contributed by atoms with E-state index in [1.165, 1.54) is 6.42 Å². The molecule has 0 atom stereocenters. The van der Waals surface area contributed by atoms with Gasteiger partial charge in [0, 0.05) is 28.3 Å². The second kappa shape index (κ2) is 8.27. The number of ether oxygens (including phenoxy) is 1.